The van der Waals surface area contributed by atoms with E-state index in [1.807, 2.05) is 26.0 Å². The third-order valence-electron chi connectivity index (χ3n) is 2.44. The molecule has 0 fully saturated rings. The van der Waals surface area contributed by atoms with Crippen LogP contribution in [-0.4, -0.2) is 31.6 Å². The van der Waals surface area contributed by atoms with E-state index in [0.29, 0.717) is 31.9 Å². The molecule has 0 spiro atoms. The van der Waals surface area contributed by atoms with E-state index in [9.17, 15) is 9.59 Å². The number of carbonyl (C=O) groups excluding carboxylic acids is 2. The SMILES string of the molecule is CCOCCCNC(=O)C(=O)Nc1cccc(C)c1. The summed E-state index contributed by atoms with van der Waals surface area (Å²) in [6.07, 6.45) is 0.692. The molecule has 5 nitrogen and oxygen atoms in total. The van der Waals surface area contributed by atoms with Crippen molar-refractivity contribution < 1.29 is 14.3 Å². The van der Waals surface area contributed by atoms with E-state index in [-0.39, 0.29) is 0 Å². The van der Waals surface area contributed by atoms with Crippen LogP contribution in [0.4, 0.5) is 5.69 Å². The monoisotopic (exact) mass is 264 g/mol. The predicted octanol–water partition coefficient (Wildman–Crippen LogP) is 1.48. The molecular weight excluding hydrogens is 244 g/mol. The zero-order chi connectivity index (χ0) is 14.1. The molecule has 0 saturated carbocycles. The molecule has 0 atom stereocenters. The summed E-state index contributed by atoms with van der Waals surface area (Å²) in [4.78, 5) is 23.1. The Labute approximate surface area is 113 Å². The standard InChI is InChI=1S/C14H20N2O3/c1-3-19-9-5-8-15-13(17)14(18)16-12-7-4-6-11(2)10-12/h4,6-7,10H,3,5,8-9H2,1-2H3,(H,15,17)(H,16,18). The Balaban J connectivity index is 2.31. The largest absolute Gasteiger partial charge is 0.382 e. The summed E-state index contributed by atoms with van der Waals surface area (Å²) in [5, 5.41) is 5.10. The van der Waals surface area contributed by atoms with Gasteiger partial charge in [0.25, 0.3) is 0 Å². The van der Waals surface area contributed by atoms with Gasteiger partial charge in [-0.25, -0.2) is 0 Å². The number of ether oxygens (including phenoxy) is 1. The van der Waals surface area contributed by atoms with Crippen LogP contribution in [0.3, 0.4) is 0 Å². The molecule has 0 aliphatic heterocycles. The first-order chi connectivity index (χ1) is 9.13. The second-order valence-corrected chi connectivity index (χ2v) is 4.13. The Kier molecular flexibility index (Phi) is 6.60. The average Bonchev–Trinajstić information content (AvgIpc) is 2.38. The lowest BCUT2D eigenvalue weighted by Crippen LogP contribution is -2.36. The Morgan fingerprint density at radius 1 is 1.26 bits per heavy atom. The lowest BCUT2D eigenvalue weighted by molar-refractivity contribution is -0.136. The van der Waals surface area contributed by atoms with Gasteiger partial charge in [-0.2, -0.15) is 0 Å². The van der Waals surface area contributed by atoms with Crippen LogP contribution in [0.2, 0.25) is 0 Å². The van der Waals surface area contributed by atoms with Crippen molar-refractivity contribution in [2.45, 2.75) is 20.3 Å². The first kappa shape index (κ1) is 15.2. The van der Waals surface area contributed by atoms with Crippen molar-refractivity contribution in [2.24, 2.45) is 0 Å². The number of benzene rings is 1. The molecule has 1 rings (SSSR count). The first-order valence-electron chi connectivity index (χ1n) is 6.37. The van der Waals surface area contributed by atoms with Crippen LogP contribution in [0.5, 0.6) is 0 Å². The highest BCUT2D eigenvalue weighted by Crippen LogP contribution is 2.08. The van der Waals surface area contributed by atoms with Crippen LogP contribution >= 0.6 is 0 Å². The number of hydrogen-bond donors (Lipinski definition) is 2. The van der Waals surface area contributed by atoms with Crippen molar-refractivity contribution in [3.05, 3.63) is 29.8 Å². The van der Waals surface area contributed by atoms with E-state index in [1.54, 1.807) is 12.1 Å². The highest BCUT2D eigenvalue weighted by Gasteiger charge is 2.12. The van der Waals surface area contributed by atoms with Crippen molar-refractivity contribution in [1.82, 2.24) is 5.32 Å². The minimum Gasteiger partial charge on any atom is -0.382 e. The van der Waals surface area contributed by atoms with Crippen molar-refractivity contribution in [3.8, 4) is 0 Å². The lowest BCUT2D eigenvalue weighted by Gasteiger charge is -2.07. The third kappa shape index (κ3) is 6.01. The fourth-order valence-electron chi connectivity index (χ4n) is 1.51. The molecule has 2 N–H and O–H groups in total. The normalized spacial score (nSPS) is 10.0. The fourth-order valence-corrected chi connectivity index (χ4v) is 1.51. The highest BCUT2D eigenvalue weighted by molar-refractivity contribution is 6.39. The van der Waals surface area contributed by atoms with Crippen molar-refractivity contribution in [1.29, 1.82) is 0 Å². The van der Waals surface area contributed by atoms with Gasteiger partial charge in [-0.3, -0.25) is 9.59 Å². The minimum atomic E-state index is -0.651. The van der Waals surface area contributed by atoms with Crippen LogP contribution in [0.1, 0.15) is 18.9 Å². The molecule has 1 aromatic rings. The second kappa shape index (κ2) is 8.26. The van der Waals surface area contributed by atoms with E-state index >= 15 is 0 Å². The number of aryl methyl sites for hydroxylation is 1. The van der Waals surface area contributed by atoms with Gasteiger partial charge in [0.2, 0.25) is 0 Å². The maximum Gasteiger partial charge on any atom is 0.313 e. The first-order valence-corrected chi connectivity index (χ1v) is 6.37. The van der Waals surface area contributed by atoms with Gasteiger partial charge in [0.05, 0.1) is 0 Å². The molecule has 104 valence electrons. The topological polar surface area (TPSA) is 67.4 Å². The second-order valence-electron chi connectivity index (χ2n) is 4.13. The fraction of sp³-hybridized carbons (Fsp3) is 0.429. The number of amides is 2. The predicted molar refractivity (Wildman–Crippen MR) is 73.9 cm³/mol. The summed E-state index contributed by atoms with van der Waals surface area (Å²) in [5.41, 5.74) is 1.64. The molecular formula is C14H20N2O3. The van der Waals surface area contributed by atoms with Crippen molar-refractivity contribution in [2.75, 3.05) is 25.1 Å². The summed E-state index contributed by atoms with van der Waals surface area (Å²) in [7, 11) is 0. The van der Waals surface area contributed by atoms with E-state index in [0.717, 1.165) is 5.56 Å². The van der Waals surface area contributed by atoms with Crippen LogP contribution in [-0.2, 0) is 14.3 Å². The molecule has 1 aromatic carbocycles. The lowest BCUT2D eigenvalue weighted by atomic mass is 10.2. The zero-order valence-electron chi connectivity index (χ0n) is 11.4. The summed E-state index contributed by atoms with van der Waals surface area (Å²) in [6.45, 7) is 5.50. The molecule has 2 amide bonds. The summed E-state index contributed by atoms with van der Waals surface area (Å²) >= 11 is 0. The maximum absolute atomic E-state index is 11.6. The molecule has 0 bridgehead atoms. The van der Waals surface area contributed by atoms with E-state index in [2.05, 4.69) is 10.6 Å². The van der Waals surface area contributed by atoms with E-state index < -0.39 is 11.8 Å². The van der Waals surface area contributed by atoms with Crippen molar-refractivity contribution in [3.63, 3.8) is 0 Å². The van der Waals surface area contributed by atoms with Crippen LogP contribution < -0.4 is 10.6 Å². The molecule has 19 heavy (non-hydrogen) atoms. The summed E-state index contributed by atoms with van der Waals surface area (Å²) < 4.78 is 5.13. The van der Waals surface area contributed by atoms with Gasteiger partial charge in [-0.1, -0.05) is 12.1 Å². The van der Waals surface area contributed by atoms with Gasteiger partial charge in [-0.05, 0) is 38.0 Å². The molecule has 0 heterocycles. The zero-order valence-corrected chi connectivity index (χ0v) is 11.4. The van der Waals surface area contributed by atoms with Gasteiger partial charge < -0.3 is 15.4 Å². The number of anilines is 1. The van der Waals surface area contributed by atoms with Gasteiger partial charge in [0, 0.05) is 25.4 Å². The maximum atomic E-state index is 11.6. The summed E-state index contributed by atoms with van der Waals surface area (Å²) in [6, 6.07) is 7.29. The third-order valence-corrected chi connectivity index (χ3v) is 2.44. The number of hydrogen-bond acceptors (Lipinski definition) is 3. The Morgan fingerprint density at radius 3 is 2.74 bits per heavy atom. The smallest absolute Gasteiger partial charge is 0.313 e. The van der Waals surface area contributed by atoms with Crippen LogP contribution in [0.15, 0.2) is 24.3 Å². The Hall–Kier alpha value is -1.88. The number of nitrogens with one attached hydrogen (secondary N) is 2. The Morgan fingerprint density at radius 2 is 2.05 bits per heavy atom. The highest BCUT2D eigenvalue weighted by atomic mass is 16.5. The minimum absolute atomic E-state index is 0.431. The number of carbonyl (C=O) groups is 2. The molecule has 0 aliphatic rings. The molecule has 0 unspecified atom stereocenters. The quantitative estimate of drug-likeness (QED) is 0.604. The molecule has 0 aliphatic carbocycles. The van der Waals surface area contributed by atoms with Crippen LogP contribution in [0.25, 0.3) is 0 Å². The van der Waals surface area contributed by atoms with Crippen molar-refractivity contribution >= 4 is 17.5 Å². The van der Waals surface area contributed by atoms with Gasteiger partial charge in [0.15, 0.2) is 0 Å². The average molecular weight is 264 g/mol. The number of rotatable bonds is 6. The van der Waals surface area contributed by atoms with Gasteiger partial charge in [0.1, 0.15) is 0 Å². The summed E-state index contributed by atoms with van der Waals surface area (Å²) in [5.74, 6) is -1.28. The van der Waals surface area contributed by atoms with Gasteiger partial charge in [-0.15, -0.1) is 0 Å². The van der Waals surface area contributed by atoms with E-state index in [1.165, 1.54) is 0 Å². The Bertz CT molecular complexity index is 432. The molecule has 5 heteroatoms. The molecule has 0 saturated heterocycles. The van der Waals surface area contributed by atoms with Gasteiger partial charge >= 0.3 is 11.8 Å². The molecule has 0 radical (unpaired) electrons. The molecule has 0 aromatic heterocycles. The van der Waals surface area contributed by atoms with Crippen LogP contribution in [0, 0.1) is 6.92 Å². The van der Waals surface area contributed by atoms with E-state index in [4.69, 9.17) is 4.74 Å².